The van der Waals surface area contributed by atoms with E-state index in [9.17, 15) is 0 Å². The van der Waals surface area contributed by atoms with Gasteiger partial charge in [0.1, 0.15) is 0 Å². The van der Waals surface area contributed by atoms with Crippen LogP contribution in [0.1, 0.15) is 12.8 Å². The molecule has 0 fully saturated rings. The fourth-order valence-electron chi connectivity index (χ4n) is 2.83. The summed E-state index contributed by atoms with van der Waals surface area (Å²) in [5.41, 5.74) is 0. The molecule has 0 nitrogen and oxygen atoms in total. The minimum absolute atomic E-state index is 0. The molecule has 0 heterocycles. The fourth-order valence-corrected chi connectivity index (χ4v) is 15.4. The standard InChI is InChI=1S/2C8H13Si.2ClH.Zr/c2*1-9(2,3)8-6-4-5-7-8;;;/h2*4,6H,5H2,1-3H3;2*1H;. The summed E-state index contributed by atoms with van der Waals surface area (Å²) in [7, 11) is -2.25. The Morgan fingerprint density at radius 2 is 1.05 bits per heavy atom. The molecule has 0 spiro atoms. The summed E-state index contributed by atoms with van der Waals surface area (Å²) in [4.78, 5) is 0. The van der Waals surface area contributed by atoms with Gasteiger partial charge in [-0.1, -0.05) is 0 Å². The molecule has 0 aliphatic heterocycles. The van der Waals surface area contributed by atoms with Crippen LogP contribution in [0.3, 0.4) is 0 Å². The third-order valence-corrected chi connectivity index (χ3v) is 13.0. The molecule has 0 amide bonds. The Balaban J connectivity index is 0.00000200. The molecule has 0 bridgehead atoms. The molecular weight excluding hydrogens is 410 g/mol. The van der Waals surface area contributed by atoms with E-state index < -0.39 is 39.4 Å². The molecule has 5 heteroatoms. The molecule has 118 valence electrons. The Labute approximate surface area is 156 Å². The Bertz CT molecular complexity index is 457. The van der Waals surface area contributed by atoms with Gasteiger partial charge in [0.25, 0.3) is 0 Å². The van der Waals surface area contributed by atoms with Gasteiger partial charge in [0.05, 0.1) is 0 Å². The third-order valence-electron chi connectivity index (χ3n) is 3.78. The first-order valence-electron chi connectivity index (χ1n) is 7.27. The van der Waals surface area contributed by atoms with Crippen LogP contribution in [0.15, 0.2) is 41.3 Å². The van der Waals surface area contributed by atoms with Crippen molar-refractivity contribution in [3.8, 4) is 0 Å². The van der Waals surface area contributed by atoms with Gasteiger partial charge >= 0.3 is 133 Å². The van der Waals surface area contributed by atoms with Crippen molar-refractivity contribution in [2.24, 2.45) is 0 Å². The van der Waals surface area contributed by atoms with Crippen LogP contribution in [0, 0.1) is 0 Å². The second-order valence-electron chi connectivity index (χ2n) is 7.62. The van der Waals surface area contributed by atoms with Gasteiger partial charge in [-0.3, -0.25) is 0 Å². The predicted molar refractivity (Wildman–Crippen MR) is 103 cm³/mol. The number of halogens is 2. The zero-order valence-corrected chi connectivity index (χ0v) is 20.1. The van der Waals surface area contributed by atoms with Crippen LogP contribution in [0.4, 0.5) is 0 Å². The van der Waals surface area contributed by atoms with Crippen LogP contribution >= 0.6 is 24.8 Å². The van der Waals surface area contributed by atoms with Crippen molar-refractivity contribution < 1.29 is 23.2 Å². The van der Waals surface area contributed by atoms with Gasteiger partial charge in [0, 0.05) is 0 Å². The fraction of sp³-hybridized carbons (Fsp3) is 0.500. The van der Waals surface area contributed by atoms with Crippen LogP contribution in [-0.4, -0.2) is 16.1 Å². The van der Waals surface area contributed by atoms with Crippen LogP contribution in [0.2, 0.25) is 39.3 Å². The maximum Gasteiger partial charge on any atom is -0.147 e. The molecule has 0 N–H and O–H groups in total. The summed E-state index contributed by atoms with van der Waals surface area (Å²) in [5, 5.41) is 3.57. The molecule has 0 saturated carbocycles. The zero-order chi connectivity index (χ0) is 14.3. The van der Waals surface area contributed by atoms with E-state index in [0.717, 1.165) is 0 Å². The van der Waals surface area contributed by atoms with Crippen molar-refractivity contribution in [1.29, 1.82) is 0 Å². The number of allylic oxidation sites excluding steroid dienone is 8. The Morgan fingerprint density at radius 1 is 0.714 bits per heavy atom. The Kier molecular flexibility index (Phi) is 8.43. The molecule has 2 rings (SSSR count). The summed E-state index contributed by atoms with van der Waals surface area (Å²) in [5.74, 6) is 0. The first kappa shape index (κ1) is 21.9. The van der Waals surface area contributed by atoms with Crippen LogP contribution in [-0.2, 0) is 23.2 Å². The topological polar surface area (TPSA) is 0 Å². The van der Waals surface area contributed by atoms with Crippen molar-refractivity contribution in [1.82, 2.24) is 0 Å². The second kappa shape index (κ2) is 8.10. The minimum atomic E-state index is -1.12. The molecule has 0 unspecified atom stereocenters. The zero-order valence-electron chi connectivity index (χ0n) is 14.0. The largest absolute Gasteiger partial charge is 0.147 e. The number of hydrogen-bond donors (Lipinski definition) is 0. The quantitative estimate of drug-likeness (QED) is 0.466. The maximum absolute atomic E-state index is 2.50. The van der Waals surface area contributed by atoms with Gasteiger partial charge in [0.15, 0.2) is 0 Å². The molecule has 0 atom stereocenters. The monoisotopic (exact) mass is 436 g/mol. The molecule has 0 radical (unpaired) electrons. The van der Waals surface area contributed by atoms with Gasteiger partial charge < -0.3 is 0 Å². The van der Waals surface area contributed by atoms with Crippen molar-refractivity contribution in [2.75, 3.05) is 0 Å². The molecule has 2 aliphatic carbocycles. The average Bonchev–Trinajstić information content (AvgIpc) is 2.83. The number of rotatable bonds is 4. The van der Waals surface area contributed by atoms with Crippen LogP contribution < -0.4 is 0 Å². The van der Waals surface area contributed by atoms with Gasteiger partial charge in [0.2, 0.25) is 0 Å². The van der Waals surface area contributed by atoms with E-state index >= 15 is 0 Å². The number of hydrogen-bond acceptors (Lipinski definition) is 0. The molecule has 21 heavy (non-hydrogen) atoms. The van der Waals surface area contributed by atoms with Crippen LogP contribution in [0.5, 0.6) is 0 Å². The summed E-state index contributed by atoms with van der Waals surface area (Å²) < 4.78 is 3.77. The van der Waals surface area contributed by atoms with Crippen molar-refractivity contribution in [3.05, 3.63) is 41.3 Å². The van der Waals surface area contributed by atoms with E-state index in [-0.39, 0.29) is 24.8 Å². The second-order valence-corrected chi connectivity index (χ2v) is 21.3. The maximum atomic E-state index is 2.50. The minimum Gasteiger partial charge on any atom is -0.147 e. The normalized spacial score (nSPS) is 18.0. The molecular formula is C16H28Cl2Si2Zr. The van der Waals surface area contributed by atoms with E-state index in [2.05, 4.69) is 63.6 Å². The summed E-state index contributed by atoms with van der Waals surface area (Å²) >= 11 is -0.505. The van der Waals surface area contributed by atoms with E-state index in [4.69, 9.17) is 0 Å². The van der Waals surface area contributed by atoms with Gasteiger partial charge in [-0.15, -0.1) is 24.8 Å². The molecule has 0 saturated heterocycles. The van der Waals surface area contributed by atoms with E-state index in [1.165, 1.54) is 12.8 Å². The summed E-state index contributed by atoms with van der Waals surface area (Å²) in [6, 6.07) is 0. The van der Waals surface area contributed by atoms with Crippen LogP contribution in [0.25, 0.3) is 0 Å². The Morgan fingerprint density at radius 3 is 1.33 bits per heavy atom. The van der Waals surface area contributed by atoms with E-state index in [0.29, 0.717) is 0 Å². The van der Waals surface area contributed by atoms with Gasteiger partial charge in [-0.2, -0.15) is 0 Å². The van der Waals surface area contributed by atoms with Gasteiger partial charge in [-0.25, -0.2) is 0 Å². The SMILES string of the molecule is C[Si](C)(C)C1=[C]([Zr][C]2=C([Si](C)(C)C)C=CC2)CC=C1.Cl.Cl. The molecule has 0 aromatic rings. The third kappa shape index (κ3) is 5.46. The summed E-state index contributed by atoms with van der Waals surface area (Å²) in [6.45, 7) is 15.0. The Hall–Kier alpha value is 0.857. The predicted octanol–water partition coefficient (Wildman–Crippen LogP) is 6.10. The average molecular weight is 439 g/mol. The molecule has 2 aliphatic rings. The van der Waals surface area contributed by atoms with Crippen molar-refractivity contribution in [2.45, 2.75) is 52.1 Å². The van der Waals surface area contributed by atoms with Crippen molar-refractivity contribution in [3.63, 3.8) is 0 Å². The molecule has 0 aromatic carbocycles. The van der Waals surface area contributed by atoms with E-state index in [1.54, 1.807) is 10.4 Å². The molecule has 0 aromatic heterocycles. The van der Waals surface area contributed by atoms with Crippen molar-refractivity contribution >= 4 is 41.0 Å². The smallest absolute Gasteiger partial charge is 0.147 e. The first-order valence-corrected chi connectivity index (χ1v) is 16.7. The first-order chi connectivity index (χ1) is 8.69. The van der Waals surface area contributed by atoms with Gasteiger partial charge in [-0.05, 0) is 0 Å². The summed E-state index contributed by atoms with van der Waals surface area (Å²) in [6.07, 6.45) is 12.3. The van der Waals surface area contributed by atoms with E-state index in [1.807, 2.05) is 6.56 Å².